The van der Waals surface area contributed by atoms with Crippen LogP contribution in [0, 0.1) is 5.82 Å². The highest BCUT2D eigenvalue weighted by molar-refractivity contribution is 6.11. The minimum Gasteiger partial charge on any atom is -0.386 e. The number of halogens is 1. The van der Waals surface area contributed by atoms with Crippen LogP contribution in [-0.2, 0) is 11.3 Å². The molecule has 5 rings (SSSR count). The summed E-state index contributed by atoms with van der Waals surface area (Å²) in [7, 11) is 0. The number of carbonyl (C=O) groups is 1. The quantitative estimate of drug-likeness (QED) is 0.830. The molecule has 1 spiro atoms. The monoisotopic (exact) mass is 405 g/mol. The molecule has 156 valence electrons. The molecule has 4 nitrogen and oxygen atoms in total. The van der Waals surface area contributed by atoms with Crippen molar-refractivity contribution in [1.82, 2.24) is 10.2 Å². The van der Waals surface area contributed by atoms with Gasteiger partial charge in [-0.15, -0.1) is 0 Å². The van der Waals surface area contributed by atoms with Crippen LogP contribution in [0.3, 0.4) is 0 Å². The van der Waals surface area contributed by atoms with E-state index in [1.54, 1.807) is 6.07 Å². The van der Waals surface area contributed by atoms with Crippen molar-refractivity contribution in [3.63, 3.8) is 0 Å². The van der Waals surface area contributed by atoms with E-state index in [2.05, 4.69) is 41.4 Å². The Bertz CT molecular complexity index is 989. The van der Waals surface area contributed by atoms with Gasteiger partial charge in [-0.05, 0) is 56.4 Å². The third kappa shape index (κ3) is 3.12. The molecule has 1 amide bonds. The summed E-state index contributed by atoms with van der Waals surface area (Å²) in [6.45, 7) is 4.95. The zero-order valence-corrected chi connectivity index (χ0v) is 17.4. The highest BCUT2D eigenvalue weighted by Gasteiger charge is 2.55. The van der Waals surface area contributed by atoms with Gasteiger partial charge in [-0.1, -0.05) is 36.4 Å². The smallest absolute Gasteiger partial charge is 0.256 e. The van der Waals surface area contributed by atoms with Crippen LogP contribution >= 0.6 is 0 Å². The van der Waals surface area contributed by atoms with Crippen molar-refractivity contribution in [2.24, 2.45) is 0 Å². The molecule has 3 aliphatic heterocycles. The fourth-order valence-electron chi connectivity index (χ4n) is 5.54. The zero-order chi connectivity index (χ0) is 20.7. The second-order valence-corrected chi connectivity index (χ2v) is 8.80. The first kappa shape index (κ1) is 19.3. The molecule has 2 aromatic carbocycles. The summed E-state index contributed by atoms with van der Waals surface area (Å²) in [6, 6.07) is 17.3. The predicted molar refractivity (Wildman–Crippen MR) is 116 cm³/mol. The highest BCUT2D eigenvalue weighted by Crippen LogP contribution is 2.48. The van der Waals surface area contributed by atoms with Gasteiger partial charge in [0.15, 0.2) is 0 Å². The summed E-state index contributed by atoms with van der Waals surface area (Å²) in [5.74, 6) is -0.255. The predicted octanol–water partition coefficient (Wildman–Crippen LogP) is 4.23. The summed E-state index contributed by atoms with van der Waals surface area (Å²) in [5.41, 5.74) is 3.55. The topological polar surface area (TPSA) is 35.6 Å². The van der Waals surface area contributed by atoms with Crippen LogP contribution in [0.4, 0.5) is 10.1 Å². The zero-order valence-electron chi connectivity index (χ0n) is 17.4. The molecule has 0 aromatic heterocycles. The van der Waals surface area contributed by atoms with Crippen LogP contribution < -0.4 is 10.2 Å². The third-order valence-electron chi connectivity index (χ3n) is 6.93. The summed E-state index contributed by atoms with van der Waals surface area (Å²) < 4.78 is 14.1. The number of carbonyl (C=O) groups excluding carboxylic acids is 1. The lowest BCUT2D eigenvalue weighted by Crippen LogP contribution is -2.59. The molecular weight excluding hydrogens is 377 g/mol. The molecule has 2 aromatic rings. The average molecular weight is 406 g/mol. The van der Waals surface area contributed by atoms with Crippen molar-refractivity contribution in [1.29, 1.82) is 0 Å². The molecule has 1 fully saturated rings. The number of nitrogens with zero attached hydrogens (tertiary/aromatic N) is 2. The van der Waals surface area contributed by atoms with E-state index in [4.69, 9.17) is 0 Å². The Hall–Kier alpha value is -2.66. The Balaban J connectivity index is 1.49. The molecule has 2 atom stereocenters. The number of piperidine rings is 1. The summed E-state index contributed by atoms with van der Waals surface area (Å²) >= 11 is 0. The van der Waals surface area contributed by atoms with Gasteiger partial charge in [-0.2, -0.15) is 0 Å². The van der Waals surface area contributed by atoms with E-state index in [1.165, 1.54) is 17.7 Å². The van der Waals surface area contributed by atoms with Crippen LogP contribution in [0.15, 0.2) is 65.9 Å². The first-order valence-electron chi connectivity index (χ1n) is 10.9. The fourth-order valence-corrected chi connectivity index (χ4v) is 5.54. The molecule has 0 aliphatic carbocycles. The lowest BCUT2D eigenvalue weighted by molar-refractivity contribution is -0.115. The van der Waals surface area contributed by atoms with Crippen molar-refractivity contribution < 1.29 is 9.18 Å². The number of amides is 1. The minimum absolute atomic E-state index is 0.0477. The van der Waals surface area contributed by atoms with Gasteiger partial charge in [0, 0.05) is 42.6 Å². The summed E-state index contributed by atoms with van der Waals surface area (Å²) in [6.07, 6.45) is 3.45. The van der Waals surface area contributed by atoms with Crippen LogP contribution in [-0.4, -0.2) is 35.5 Å². The Morgan fingerprint density at radius 2 is 2.00 bits per heavy atom. The van der Waals surface area contributed by atoms with Gasteiger partial charge < -0.3 is 5.32 Å². The average Bonchev–Trinajstić information content (AvgIpc) is 2.99. The highest BCUT2D eigenvalue weighted by atomic mass is 19.1. The van der Waals surface area contributed by atoms with E-state index in [9.17, 15) is 9.18 Å². The standard InChI is InChI=1S/C25H28FN3O/c1-18-16-25(12-14-28(18)17-19-7-3-2-4-8-19)23-22(11-6-13-27-23)24(30)29(25)21-10-5-9-20(26)15-21/h2-5,7-10,15,18,27H,6,11-14,16-17H2,1H3/t18-,25+/m0/s1. The summed E-state index contributed by atoms with van der Waals surface area (Å²) in [4.78, 5) is 17.9. The van der Waals surface area contributed by atoms with E-state index in [1.807, 2.05) is 17.0 Å². The molecule has 5 heteroatoms. The van der Waals surface area contributed by atoms with Crippen molar-refractivity contribution in [3.05, 3.63) is 77.2 Å². The maximum absolute atomic E-state index is 14.1. The molecule has 1 saturated heterocycles. The third-order valence-corrected chi connectivity index (χ3v) is 6.93. The largest absolute Gasteiger partial charge is 0.386 e. The van der Waals surface area contributed by atoms with Crippen LogP contribution in [0.1, 0.15) is 38.2 Å². The van der Waals surface area contributed by atoms with Gasteiger partial charge in [-0.25, -0.2) is 4.39 Å². The number of anilines is 1. The second kappa shape index (κ2) is 7.55. The van der Waals surface area contributed by atoms with Crippen LogP contribution in [0.25, 0.3) is 0 Å². The first-order valence-corrected chi connectivity index (χ1v) is 10.9. The van der Waals surface area contributed by atoms with Gasteiger partial charge in [0.1, 0.15) is 5.82 Å². The Morgan fingerprint density at radius 3 is 2.77 bits per heavy atom. The van der Waals surface area contributed by atoms with Crippen LogP contribution in [0.5, 0.6) is 0 Å². The Labute approximate surface area is 177 Å². The maximum atomic E-state index is 14.1. The van der Waals surface area contributed by atoms with Gasteiger partial charge >= 0.3 is 0 Å². The van der Waals surface area contributed by atoms with Gasteiger partial charge in [0.2, 0.25) is 0 Å². The molecule has 0 radical (unpaired) electrons. The molecule has 3 heterocycles. The molecule has 1 N–H and O–H groups in total. The normalized spacial score (nSPS) is 26.8. The lowest BCUT2D eigenvalue weighted by Gasteiger charge is -2.49. The van der Waals surface area contributed by atoms with Gasteiger partial charge in [0.25, 0.3) is 5.91 Å². The number of fused-ring (bicyclic) bond motifs is 1. The van der Waals surface area contributed by atoms with Crippen molar-refractivity contribution >= 4 is 11.6 Å². The van der Waals surface area contributed by atoms with Crippen molar-refractivity contribution in [2.45, 2.75) is 50.7 Å². The number of rotatable bonds is 3. The number of likely N-dealkylation sites (tertiary alicyclic amines) is 1. The Kier molecular flexibility index (Phi) is 4.86. The SMILES string of the molecule is C[C@H]1C[C@]2(CCN1Cc1ccccc1)C1=C(CCCN1)C(=O)N2c1cccc(F)c1. The van der Waals surface area contributed by atoms with Crippen molar-refractivity contribution in [3.8, 4) is 0 Å². The lowest BCUT2D eigenvalue weighted by atomic mass is 9.79. The van der Waals surface area contributed by atoms with Crippen LogP contribution in [0.2, 0.25) is 0 Å². The van der Waals surface area contributed by atoms with Crippen molar-refractivity contribution in [2.75, 3.05) is 18.0 Å². The van der Waals surface area contributed by atoms with E-state index in [0.29, 0.717) is 11.7 Å². The van der Waals surface area contributed by atoms with Gasteiger partial charge in [0.05, 0.1) is 5.54 Å². The molecule has 0 saturated carbocycles. The maximum Gasteiger partial charge on any atom is 0.256 e. The van der Waals surface area contributed by atoms with E-state index < -0.39 is 5.54 Å². The summed E-state index contributed by atoms with van der Waals surface area (Å²) in [5, 5.41) is 3.58. The van der Waals surface area contributed by atoms with E-state index in [0.717, 1.165) is 56.6 Å². The molecule has 30 heavy (non-hydrogen) atoms. The molecule has 3 aliphatic rings. The van der Waals surface area contributed by atoms with E-state index in [-0.39, 0.29) is 11.7 Å². The Morgan fingerprint density at radius 1 is 1.17 bits per heavy atom. The second-order valence-electron chi connectivity index (χ2n) is 8.80. The fraction of sp³-hybridized carbons (Fsp3) is 0.400. The molecule has 0 unspecified atom stereocenters. The number of hydrogen-bond acceptors (Lipinski definition) is 3. The molecule has 0 bridgehead atoms. The minimum atomic E-state index is -0.409. The number of benzene rings is 2. The number of nitrogens with one attached hydrogen (secondary N) is 1. The first-order chi connectivity index (χ1) is 14.6. The number of hydrogen-bond donors (Lipinski definition) is 1. The van der Waals surface area contributed by atoms with Gasteiger partial charge in [-0.3, -0.25) is 14.6 Å². The van der Waals surface area contributed by atoms with E-state index >= 15 is 0 Å². The molecular formula is C25H28FN3O.